The second-order valence-electron chi connectivity index (χ2n) is 6.45. The molecule has 1 aliphatic rings. The van der Waals surface area contributed by atoms with Gasteiger partial charge in [0.05, 0.1) is 16.8 Å². The van der Waals surface area contributed by atoms with Gasteiger partial charge in [-0.15, -0.1) is 0 Å². The fourth-order valence-corrected chi connectivity index (χ4v) is 3.09. The number of oxime groups is 1. The van der Waals surface area contributed by atoms with Crippen LogP contribution < -0.4 is 0 Å². The quantitative estimate of drug-likeness (QED) is 0.327. The van der Waals surface area contributed by atoms with Gasteiger partial charge in [-0.1, -0.05) is 37.4 Å². The number of hydrogen-bond acceptors (Lipinski definition) is 2. The summed E-state index contributed by atoms with van der Waals surface area (Å²) < 4.78 is 78.1. The predicted molar refractivity (Wildman–Crippen MR) is 85.8 cm³/mol. The van der Waals surface area contributed by atoms with Crippen LogP contribution in [0.2, 0.25) is 0 Å². The van der Waals surface area contributed by atoms with E-state index in [-0.39, 0.29) is 23.8 Å². The van der Waals surface area contributed by atoms with Gasteiger partial charge in [0, 0.05) is 5.56 Å². The largest absolute Gasteiger partial charge is 0.417 e. The SMILES string of the molecule is CC/C(=N\OCC1CCCCC1)c1ccc(C(F)(F)F)cc1C(F)(F)F. The average molecular weight is 381 g/mol. The fraction of sp³-hybridized carbons (Fsp3) is 0.611. The summed E-state index contributed by atoms with van der Waals surface area (Å²) in [5, 5.41) is 3.81. The minimum Gasteiger partial charge on any atom is -0.395 e. The van der Waals surface area contributed by atoms with E-state index in [1.807, 2.05) is 0 Å². The molecule has 1 aromatic carbocycles. The summed E-state index contributed by atoms with van der Waals surface area (Å²) in [5.41, 5.74) is -3.08. The maximum atomic E-state index is 13.3. The molecule has 2 nitrogen and oxygen atoms in total. The summed E-state index contributed by atoms with van der Waals surface area (Å²) in [6.45, 7) is 1.89. The Labute approximate surface area is 148 Å². The Hall–Kier alpha value is -1.73. The highest BCUT2D eigenvalue weighted by atomic mass is 19.4. The minimum atomic E-state index is -4.92. The van der Waals surface area contributed by atoms with Gasteiger partial charge in [0.1, 0.15) is 6.61 Å². The zero-order valence-corrected chi connectivity index (χ0v) is 14.4. The molecule has 1 saturated carbocycles. The first-order valence-electron chi connectivity index (χ1n) is 8.60. The summed E-state index contributed by atoms with van der Waals surface area (Å²) in [6, 6.07) is 1.58. The Morgan fingerprint density at radius 2 is 1.69 bits per heavy atom. The number of alkyl halides is 6. The molecule has 0 saturated heterocycles. The molecule has 0 spiro atoms. The first-order chi connectivity index (χ1) is 12.1. The van der Waals surface area contributed by atoms with Crippen LogP contribution in [0, 0.1) is 5.92 Å². The first-order valence-corrected chi connectivity index (χ1v) is 8.60. The molecule has 0 atom stereocenters. The molecule has 0 bridgehead atoms. The Morgan fingerprint density at radius 1 is 1.04 bits per heavy atom. The van der Waals surface area contributed by atoms with Crippen LogP contribution in [-0.4, -0.2) is 12.3 Å². The van der Waals surface area contributed by atoms with Crippen molar-refractivity contribution in [1.82, 2.24) is 0 Å². The van der Waals surface area contributed by atoms with E-state index in [2.05, 4.69) is 5.16 Å². The molecule has 26 heavy (non-hydrogen) atoms. The highest BCUT2D eigenvalue weighted by Gasteiger charge is 2.38. The molecule has 1 aliphatic carbocycles. The summed E-state index contributed by atoms with van der Waals surface area (Å²) >= 11 is 0. The van der Waals surface area contributed by atoms with Crippen LogP contribution in [0.3, 0.4) is 0 Å². The van der Waals surface area contributed by atoms with Crippen molar-refractivity contribution in [1.29, 1.82) is 0 Å². The Bertz CT molecular complexity index is 630. The zero-order valence-electron chi connectivity index (χ0n) is 14.4. The van der Waals surface area contributed by atoms with Gasteiger partial charge < -0.3 is 4.84 Å². The first kappa shape index (κ1) is 20.6. The minimum absolute atomic E-state index is 0.0122. The van der Waals surface area contributed by atoms with Crippen molar-refractivity contribution >= 4 is 5.71 Å². The molecule has 0 N–H and O–H groups in total. The van der Waals surface area contributed by atoms with E-state index in [0.717, 1.165) is 31.7 Å². The van der Waals surface area contributed by atoms with E-state index < -0.39 is 23.5 Å². The molecule has 0 aromatic heterocycles. The monoisotopic (exact) mass is 381 g/mol. The molecule has 0 aliphatic heterocycles. The lowest BCUT2D eigenvalue weighted by Gasteiger charge is -2.20. The summed E-state index contributed by atoms with van der Waals surface area (Å²) in [5.74, 6) is 0.320. The number of nitrogens with zero attached hydrogens (tertiary/aromatic N) is 1. The second kappa shape index (κ2) is 8.31. The predicted octanol–water partition coefficient (Wildman–Crippen LogP) is 6.44. The molecule has 1 aromatic rings. The van der Waals surface area contributed by atoms with Crippen molar-refractivity contribution in [2.45, 2.75) is 57.8 Å². The maximum Gasteiger partial charge on any atom is 0.417 e. The summed E-state index contributed by atoms with van der Waals surface area (Å²) in [4.78, 5) is 5.24. The normalized spacial score (nSPS) is 17.4. The molecule has 0 heterocycles. The van der Waals surface area contributed by atoms with Crippen LogP contribution in [0.5, 0.6) is 0 Å². The highest BCUT2D eigenvalue weighted by molar-refractivity contribution is 6.01. The standard InChI is InChI=1S/C18H21F6NO/c1-2-16(25-26-11-12-6-4-3-5-7-12)14-9-8-13(17(19,20)21)10-15(14)18(22,23)24/h8-10,12H,2-7,11H2,1H3/b25-16+. The van der Waals surface area contributed by atoms with Gasteiger partial charge in [0.25, 0.3) is 0 Å². The lowest BCUT2D eigenvalue weighted by atomic mass is 9.90. The van der Waals surface area contributed by atoms with Gasteiger partial charge in [-0.05, 0) is 37.3 Å². The Morgan fingerprint density at radius 3 is 2.23 bits per heavy atom. The van der Waals surface area contributed by atoms with Crippen molar-refractivity contribution in [3.8, 4) is 0 Å². The van der Waals surface area contributed by atoms with E-state index in [0.29, 0.717) is 18.6 Å². The van der Waals surface area contributed by atoms with Crippen LogP contribution >= 0.6 is 0 Å². The van der Waals surface area contributed by atoms with Crippen molar-refractivity contribution in [2.24, 2.45) is 11.1 Å². The maximum absolute atomic E-state index is 13.3. The molecular formula is C18H21F6NO. The van der Waals surface area contributed by atoms with Crippen LogP contribution in [0.25, 0.3) is 0 Å². The zero-order chi connectivity index (χ0) is 19.4. The van der Waals surface area contributed by atoms with Crippen molar-refractivity contribution in [3.63, 3.8) is 0 Å². The van der Waals surface area contributed by atoms with Crippen molar-refractivity contribution < 1.29 is 31.2 Å². The number of halogens is 6. The van der Waals surface area contributed by atoms with Crippen molar-refractivity contribution in [2.75, 3.05) is 6.61 Å². The smallest absolute Gasteiger partial charge is 0.395 e. The number of rotatable bonds is 5. The highest BCUT2D eigenvalue weighted by Crippen LogP contribution is 2.37. The Balaban J connectivity index is 2.26. The van der Waals surface area contributed by atoms with Crippen LogP contribution in [0.4, 0.5) is 26.3 Å². The van der Waals surface area contributed by atoms with Crippen LogP contribution in [-0.2, 0) is 17.2 Å². The third-order valence-electron chi connectivity index (χ3n) is 4.51. The van der Waals surface area contributed by atoms with Crippen molar-refractivity contribution in [3.05, 3.63) is 34.9 Å². The second-order valence-corrected chi connectivity index (χ2v) is 6.45. The lowest BCUT2D eigenvalue weighted by molar-refractivity contribution is -0.143. The molecule has 2 rings (SSSR count). The summed E-state index contributed by atoms with van der Waals surface area (Å²) in [6.07, 6.45) is -4.32. The van der Waals surface area contributed by atoms with Gasteiger partial charge in [-0.25, -0.2) is 0 Å². The third-order valence-corrected chi connectivity index (χ3v) is 4.51. The fourth-order valence-electron chi connectivity index (χ4n) is 3.09. The number of benzene rings is 1. The van der Waals surface area contributed by atoms with Gasteiger partial charge in [-0.3, -0.25) is 0 Å². The van der Waals surface area contributed by atoms with E-state index in [1.165, 1.54) is 6.42 Å². The van der Waals surface area contributed by atoms with Gasteiger partial charge in [0.2, 0.25) is 0 Å². The topological polar surface area (TPSA) is 21.6 Å². The van der Waals surface area contributed by atoms with Gasteiger partial charge >= 0.3 is 12.4 Å². The van der Waals surface area contributed by atoms with E-state index in [4.69, 9.17) is 4.84 Å². The van der Waals surface area contributed by atoms with E-state index in [1.54, 1.807) is 6.92 Å². The number of hydrogen-bond donors (Lipinski definition) is 0. The molecule has 0 amide bonds. The summed E-state index contributed by atoms with van der Waals surface area (Å²) in [7, 11) is 0. The Kier molecular flexibility index (Phi) is 6.58. The van der Waals surface area contributed by atoms with Gasteiger partial charge in [0.15, 0.2) is 0 Å². The molecule has 146 valence electrons. The van der Waals surface area contributed by atoms with Crippen LogP contribution in [0.1, 0.15) is 62.1 Å². The van der Waals surface area contributed by atoms with E-state index in [9.17, 15) is 26.3 Å². The molecule has 0 radical (unpaired) electrons. The van der Waals surface area contributed by atoms with Gasteiger partial charge in [-0.2, -0.15) is 26.3 Å². The lowest BCUT2D eigenvalue weighted by Crippen LogP contribution is -2.17. The van der Waals surface area contributed by atoms with E-state index >= 15 is 0 Å². The molecule has 0 unspecified atom stereocenters. The molecule has 1 fully saturated rings. The molecular weight excluding hydrogens is 360 g/mol. The molecule has 8 heteroatoms. The average Bonchev–Trinajstić information content (AvgIpc) is 2.58. The third kappa shape index (κ3) is 5.38. The van der Waals surface area contributed by atoms with Crippen LogP contribution in [0.15, 0.2) is 23.4 Å².